The smallest absolute Gasteiger partial charge is 0.102 e. The molecule has 2 unspecified atom stereocenters. The maximum atomic E-state index is 9.22. The molecule has 1 saturated carbocycles. The maximum Gasteiger partial charge on any atom is 0.102 e. The van der Waals surface area contributed by atoms with Crippen LogP contribution in [0.3, 0.4) is 0 Å². The average molecular weight is 232 g/mol. The van der Waals surface area contributed by atoms with Crippen LogP contribution >= 0.6 is 11.8 Å². The molecule has 0 bridgehead atoms. The molecule has 0 aliphatic heterocycles. The first kappa shape index (κ1) is 11.3. The number of nitrogens with zero attached hydrogens (tertiary/aromatic N) is 1. The lowest BCUT2D eigenvalue weighted by Crippen LogP contribution is -2.05. The number of anilines is 1. The van der Waals surface area contributed by atoms with Gasteiger partial charge >= 0.3 is 0 Å². The summed E-state index contributed by atoms with van der Waals surface area (Å²) in [7, 11) is 0. The summed E-state index contributed by atoms with van der Waals surface area (Å²) in [5, 5.41) is 12.7. The molecule has 2 nitrogen and oxygen atoms in total. The fraction of sp³-hybridized carbons (Fsp3) is 0.462. The number of thioether (sulfide) groups is 1. The van der Waals surface area contributed by atoms with Crippen molar-refractivity contribution >= 4 is 17.4 Å². The van der Waals surface area contributed by atoms with Crippen LogP contribution in [0.1, 0.15) is 25.8 Å². The van der Waals surface area contributed by atoms with E-state index in [0.717, 1.165) is 27.8 Å². The number of benzene rings is 1. The second-order valence-corrected chi connectivity index (χ2v) is 5.49. The summed E-state index contributed by atoms with van der Waals surface area (Å²) in [5.41, 5.74) is 1.80. The Kier molecular flexibility index (Phi) is 3.40. The van der Waals surface area contributed by atoms with E-state index in [1.807, 2.05) is 18.2 Å². The van der Waals surface area contributed by atoms with Crippen LogP contribution < -0.4 is 5.32 Å². The minimum atomic E-state index is 0.564. The van der Waals surface area contributed by atoms with E-state index in [2.05, 4.69) is 25.2 Å². The highest BCUT2D eigenvalue weighted by Gasteiger charge is 2.32. The molecule has 2 rings (SSSR count). The molecule has 0 spiro atoms. The van der Waals surface area contributed by atoms with Crippen molar-refractivity contribution in [3.05, 3.63) is 23.8 Å². The first-order valence-corrected chi connectivity index (χ1v) is 6.67. The molecule has 84 valence electrons. The van der Waals surface area contributed by atoms with Crippen molar-refractivity contribution in [2.24, 2.45) is 5.92 Å². The van der Waals surface area contributed by atoms with Crippen molar-refractivity contribution in [1.82, 2.24) is 0 Å². The Hall–Kier alpha value is -1.14. The molecular weight excluding hydrogens is 216 g/mol. The third-order valence-corrected chi connectivity index (χ3v) is 3.83. The predicted molar refractivity (Wildman–Crippen MR) is 68.7 cm³/mol. The molecule has 2 atom stereocenters. The number of hydrogen-bond acceptors (Lipinski definition) is 3. The van der Waals surface area contributed by atoms with Crippen molar-refractivity contribution in [3.63, 3.8) is 0 Å². The maximum absolute atomic E-state index is 9.22. The summed E-state index contributed by atoms with van der Waals surface area (Å²) >= 11 is 1.73. The van der Waals surface area contributed by atoms with Gasteiger partial charge in [-0.2, -0.15) is 5.26 Å². The zero-order valence-corrected chi connectivity index (χ0v) is 10.5. The minimum Gasteiger partial charge on any atom is -0.381 e. The predicted octanol–water partition coefficient (Wildman–Crippen LogP) is 3.49. The summed E-state index contributed by atoms with van der Waals surface area (Å²) in [6.45, 7) is 4.34. The van der Waals surface area contributed by atoms with Gasteiger partial charge in [0.05, 0.1) is 11.3 Å². The Morgan fingerprint density at radius 2 is 2.31 bits per heavy atom. The van der Waals surface area contributed by atoms with E-state index in [9.17, 15) is 5.26 Å². The molecule has 0 amide bonds. The second-order valence-electron chi connectivity index (χ2n) is 4.19. The van der Waals surface area contributed by atoms with E-state index in [-0.39, 0.29) is 0 Å². The molecular formula is C13H16N2S. The Bertz CT molecular complexity index is 422. The Balaban J connectivity index is 2.23. The lowest BCUT2D eigenvalue weighted by Gasteiger charge is -2.10. The average Bonchev–Trinajstić information content (AvgIpc) is 2.95. The van der Waals surface area contributed by atoms with Gasteiger partial charge in [-0.25, -0.2) is 0 Å². The molecule has 0 radical (unpaired) electrons. The Morgan fingerprint density at radius 1 is 1.56 bits per heavy atom. The topological polar surface area (TPSA) is 35.8 Å². The molecule has 1 aliphatic carbocycles. The lowest BCUT2D eigenvalue weighted by atomic mass is 10.2. The van der Waals surface area contributed by atoms with Crippen LogP contribution in [0, 0.1) is 17.2 Å². The fourth-order valence-corrected chi connectivity index (χ4v) is 2.55. The number of rotatable bonds is 4. The Morgan fingerprint density at radius 3 is 2.88 bits per heavy atom. The standard InChI is InChI=1S/C13H16N2S/c1-3-16-13-6-4-5-11(10(13)8-14)15-12-7-9(12)2/h4-6,9,12,15H,3,7H2,1-2H3. The highest BCUT2D eigenvalue weighted by atomic mass is 32.2. The quantitative estimate of drug-likeness (QED) is 0.807. The molecule has 1 aliphatic rings. The van der Waals surface area contributed by atoms with Crippen LogP contribution in [-0.4, -0.2) is 11.8 Å². The zero-order valence-electron chi connectivity index (χ0n) is 9.66. The van der Waals surface area contributed by atoms with Crippen molar-refractivity contribution < 1.29 is 0 Å². The SMILES string of the molecule is CCSc1cccc(NC2CC2C)c1C#N. The van der Waals surface area contributed by atoms with E-state index < -0.39 is 0 Å². The van der Waals surface area contributed by atoms with E-state index in [1.165, 1.54) is 6.42 Å². The van der Waals surface area contributed by atoms with Gasteiger partial charge < -0.3 is 5.32 Å². The van der Waals surface area contributed by atoms with Crippen LogP contribution in [0.2, 0.25) is 0 Å². The van der Waals surface area contributed by atoms with Gasteiger partial charge in [-0.1, -0.05) is 19.9 Å². The van der Waals surface area contributed by atoms with Crippen molar-refractivity contribution in [2.45, 2.75) is 31.2 Å². The summed E-state index contributed by atoms with van der Waals surface area (Å²) in [6.07, 6.45) is 1.22. The lowest BCUT2D eigenvalue weighted by molar-refractivity contribution is 0.928. The van der Waals surface area contributed by atoms with Gasteiger partial charge in [0.1, 0.15) is 6.07 Å². The number of nitrogens with one attached hydrogen (secondary N) is 1. The summed E-state index contributed by atoms with van der Waals surface area (Å²) in [6, 6.07) is 8.92. The van der Waals surface area contributed by atoms with Crippen LogP contribution in [0.25, 0.3) is 0 Å². The van der Waals surface area contributed by atoms with Gasteiger partial charge in [0.2, 0.25) is 0 Å². The molecule has 1 aromatic carbocycles. The fourth-order valence-electron chi connectivity index (χ4n) is 1.77. The first-order valence-electron chi connectivity index (χ1n) is 5.68. The van der Waals surface area contributed by atoms with E-state index >= 15 is 0 Å². The van der Waals surface area contributed by atoms with E-state index in [4.69, 9.17) is 0 Å². The molecule has 1 N–H and O–H groups in total. The normalized spacial score (nSPS) is 22.6. The van der Waals surface area contributed by atoms with Gasteiger partial charge in [-0.3, -0.25) is 0 Å². The molecule has 3 heteroatoms. The van der Waals surface area contributed by atoms with Crippen LogP contribution in [0.5, 0.6) is 0 Å². The van der Waals surface area contributed by atoms with Crippen molar-refractivity contribution in [2.75, 3.05) is 11.1 Å². The summed E-state index contributed by atoms with van der Waals surface area (Å²) < 4.78 is 0. The second kappa shape index (κ2) is 4.80. The zero-order chi connectivity index (χ0) is 11.5. The Labute approximate surface area is 101 Å². The summed E-state index contributed by atoms with van der Waals surface area (Å²) in [4.78, 5) is 1.09. The van der Waals surface area contributed by atoms with Crippen LogP contribution in [-0.2, 0) is 0 Å². The minimum absolute atomic E-state index is 0.564. The van der Waals surface area contributed by atoms with Crippen LogP contribution in [0.4, 0.5) is 5.69 Å². The molecule has 16 heavy (non-hydrogen) atoms. The van der Waals surface area contributed by atoms with Gasteiger partial charge in [0.15, 0.2) is 0 Å². The number of nitriles is 1. The largest absolute Gasteiger partial charge is 0.381 e. The summed E-state index contributed by atoms with van der Waals surface area (Å²) in [5.74, 6) is 1.74. The van der Waals surface area contributed by atoms with Gasteiger partial charge in [-0.15, -0.1) is 11.8 Å². The third kappa shape index (κ3) is 2.33. The monoisotopic (exact) mass is 232 g/mol. The van der Waals surface area contributed by atoms with Crippen molar-refractivity contribution in [1.29, 1.82) is 5.26 Å². The molecule has 1 aromatic rings. The number of hydrogen-bond donors (Lipinski definition) is 1. The molecule has 1 fully saturated rings. The van der Waals surface area contributed by atoms with E-state index in [0.29, 0.717) is 6.04 Å². The molecule has 0 heterocycles. The van der Waals surface area contributed by atoms with Gasteiger partial charge in [-0.05, 0) is 30.2 Å². The van der Waals surface area contributed by atoms with Gasteiger partial charge in [0.25, 0.3) is 0 Å². The molecule has 0 aromatic heterocycles. The van der Waals surface area contributed by atoms with Crippen molar-refractivity contribution in [3.8, 4) is 6.07 Å². The highest BCUT2D eigenvalue weighted by molar-refractivity contribution is 7.99. The van der Waals surface area contributed by atoms with Crippen LogP contribution in [0.15, 0.2) is 23.1 Å². The highest BCUT2D eigenvalue weighted by Crippen LogP contribution is 2.35. The van der Waals surface area contributed by atoms with Gasteiger partial charge in [0, 0.05) is 10.9 Å². The molecule has 0 saturated heterocycles. The van der Waals surface area contributed by atoms with E-state index in [1.54, 1.807) is 11.8 Å². The third-order valence-electron chi connectivity index (χ3n) is 2.89. The first-order chi connectivity index (χ1) is 7.76.